The monoisotopic (exact) mass is 380 g/mol. The highest BCUT2D eigenvalue weighted by Crippen LogP contribution is 2.28. The molecule has 1 aromatic carbocycles. The first-order valence-corrected chi connectivity index (χ1v) is 8.79. The van der Waals surface area contributed by atoms with Gasteiger partial charge in [-0.15, -0.1) is 0 Å². The second kappa shape index (κ2) is 7.01. The smallest absolute Gasteiger partial charge is 0.227 e. The largest absolute Gasteiger partial charge is 0.376 e. The van der Waals surface area contributed by atoms with Crippen LogP contribution in [0.5, 0.6) is 0 Å². The predicted octanol–water partition coefficient (Wildman–Crippen LogP) is 2.41. The molecule has 0 saturated carbocycles. The molecule has 2 amide bonds. The van der Waals surface area contributed by atoms with Crippen LogP contribution in [0.1, 0.15) is 24.8 Å². The van der Waals surface area contributed by atoms with Crippen LogP contribution in [0.3, 0.4) is 0 Å². The van der Waals surface area contributed by atoms with Gasteiger partial charge in [0.05, 0.1) is 12.0 Å². The van der Waals surface area contributed by atoms with E-state index in [0.717, 1.165) is 35.2 Å². The number of amides is 2. The van der Waals surface area contributed by atoms with Gasteiger partial charge < -0.3 is 15.0 Å². The number of benzene rings is 1. The highest BCUT2D eigenvalue weighted by Gasteiger charge is 2.35. The summed E-state index contributed by atoms with van der Waals surface area (Å²) in [5.41, 5.74) is 1.92. The van der Waals surface area contributed by atoms with Gasteiger partial charge in [0.2, 0.25) is 11.8 Å². The van der Waals surface area contributed by atoms with Gasteiger partial charge in [0.25, 0.3) is 0 Å². The van der Waals surface area contributed by atoms with Crippen molar-refractivity contribution in [2.45, 2.75) is 32.3 Å². The van der Waals surface area contributed by atoms with Gasteiger partial charge in [0.15, 0.2) is 0 Å². The van der Waals surface area contributed by atoms with Gasteiger partial charge in [-0.2, -0.15) is 0 Å². The average molecular weight is 381 g/mol. The summed E-state index contributed by atoms with van der Waals surface area (Å²) < 4.78 is 6.52. The summed E-state index contributed by atoms with van der Waals surface area (Å²) in [5.74, 6) is -0.331. The highest BCUT2D eigenvalue weighted by atomic mass is 79.9. The summed E-state index contributed by atoms with van der Waals surface area (Å²) in [6.07, 6.45) is 2.45. The number of nitrogens with zero attached hydrogens (tertiary/aromatic N) is 1. The lowest BCUT2D eigenvalue weighted by Gasteiger charge is -2.18. The number of anilines is 1. The number of carbonyl (C=O) groups excluding carboxylic acids is 2. The first-order chi connectivity index (χ1) is 11.0. The zero-order valence-electron chi connectivity index (χ0n) is 13.2. The van der Waals surface area contributed by atoms with Crippen LogP contribution in [0.4, 0.5) is 5.69 Å². The van der Waals surface area contributed by atoms with Gasteiger partial charge in [0, 0.05) is 36.3 Å². The number of hydrogen-bond donors (Lipinski definition) is 1. The molecule has 0 unspecified atom stereocenters. The van der Waals surface area contributed by atoms with Crippen molar-refractivity contribution < 1.29 is 14.3 Å². The van der Waals surface area contributed by atoms with Crippen molar-refractivity contribution in [3.63, 3.8) is 0 Å². The normalized spacial score (nSPS) is 24.3. The number of halogens is 1. The molecule has 2 heterocycles. The van der Waals surface area contributed by atoms with E-state index in [2.05, 4.69) is 21.2 Å². The van der Waals surface area contributed by atoms with Crippen LogP contribution in [-0.4, -0.2) is 37.6 Å². The van der Waals surface area contributed by atoms with Crippen molar-refractivity contribution in [1.82, 2.24) is 5.32 Å². The van der Waals surface area contributed by atoms with E-state index in [1.165, 1.54) is 0 Å². The summed E-state index contributed by atoms with van der Waals surface area (Å²) >= 11 is 3.46. The Morgan fingerprint density at radius 3 is 3.00 bits per heavy atom. The lowest BCUT2D eigenvalue weighted by molar-refractivity contribution is -0.126. The third kappa shape index (κ3) is 3.75. The van der Waals surface area contributed by atoms with Crippen LogP contribution in [0.2, 0.25) is 0 Å². The molecule has 0 aliphatic carbocycles. The van der Waals surface area contributed by atoms with E-state index < -0.39 is 0 Å². The van der Waals surface area contributed by atoms with E-state index in [4.69, 9.17) is 4.74 Å². The average Bonchev–Trinajstić information content (AvgIpc) is 3.17. The van der Waals surface area contributed by atoms with Crippen LogP contribution < -0.4 is 10.2 Å². The number of ether oxygens (including phenoxy) is 1. The Bertz CT molecular complexity index is 614. The number of hydrogen-bond acceptors (Lipinski definition) is 3. The fourth-order valence-electron chi connectivity index (χ4n) is 3.09. The molecule has 124 valence electrons. The second-order valence-corrected chi connectivity index (χ2v) is 7.07. The van der Waals surface area contributed by atoms with Crippen molar-refractivity contribution in [2.24, 2.45) is 5.92 Å². The first-order valence-electron chi connectivity index (χ1n) is 8.00. The van der Waals surface area contributed by atoms with E-state index in [1.807, 2.05) is 25.1 Å². The van der Waals surface area contributed by atoms with Crippen LogP contribution in [0.15, 0.2) is 22.7 Å². The van der Waals surface area contributed by atoms with Crippen molar-refractivity contribution >= 4 is 33.4 Å². The second-order valence-electron chi connectivity index (χ2n) is 6.22. The molecule has 2 aliphatic heterocycles. The van der Waals surface area contributed by atoms with Crippen LogP contribution >= 0.6 is 15.9 Å². The molecule has 1 aromatic rings. The van der Waals surface area contributed by atoms with E-state index >= 15 is 0 Å². The quantitative estimate of drug-likeness (QED) is 0.872. The Kier molecular flexibility index (Phi) is 5.02. The molecule has 1 N–H and O–H groups in total. The summed E-state index contributed by atoms with van der Waals surface area (Å²) in [5, 5.41) is 2.93. The van der Waals surface area contributed by atoms with Gasteiger partial charge in [-0.05, 0) is 43.5 Å². The zero-order valence-corrected chi connectivity index (χ0v) is 14.8. The fraction of sp³-hybridized carbons (Fsp3) is 0.529. The number of nitrogens with one attached hydrogen (secondary N) is 1. The van der Waals surface area contributed by atoms with Gasteiger partial charge in [-0.25, -0.2) is 0 Å². The van der Waals surface area contributed by atoms with Gasteiger partial charge in [-0.3, -0.25) is 9.59 Å². The van der Waals surface area contributed by atoms with Gasteiger partial charge in [0.1, 0.15) is 0 Å². The Labute approximate surface area is 144 Å². The van der Waals surface area contributed by atoms with Crippen molar-refractivity contribution in [2.75, 3.05) is 24.6 Å². The maximum absolute atomic E-state index is 12.3. The molecule has 0 radical (unpaired) electrons. The fourth-order valence-corrected chi connectivity index (χ4v) is 3.34. The third-order valence-corrected chi connectivity index (χ3v) is 5.37. The Hall–Kier alpha value is -1.40. The number of carbonyl (C=O) groups is 2. The third-order valence-electron chi connectivity index (χ3n) is 4.48. The van der Waals surface area contributed by atoms with Gasteiger partial charge in [-0.1, -0.05) is 15.9 Å². The van der Waals surface area contributed by atoms with Crippen molar-refractivity contribution in [3.8, 4) is 0 Å². The number of aryl methyl sites for hydroxylation is 1. The Morgan fingerprint density at radius 1 is 1.48 bits per heavy atom. The SMILES string of the molecule is Cc1cc(N2C[C@H](C(=O)NC[C@@H]3CCCO3)CC2=O)ccc1Br. The zero-order chi connectivity index (χ0) is 16.4. The Morgan fingerprint density at radius 2 is 2.30 bits per heavy atom. The van der Waals surface area contributed by atoms with Crippen LogP contribution in [-0.2, 0) is 14.3 Å². The van der Waals surface area contributed by atoms with Gasteiger partial charge >= 0.3 is 0 Å². The molecule has 0 bridgehead atoms. The molecule has 2 fully saturated rings. The summed E-state index contributed by atoms with van der Waals surface area (Å²) in [6.45, 7) is 3.75. The molecular formula is C17H21BrN2O3. The summed E-state index contributed by atoms with van der Waals surface area (Å²) in [4.78, 5) is 26.3. The maximum atomic E-state index is 12.3. The molecule has 3 rings (SSSR count). The molecule has 2 aliphatic rings. The van der Waals surface area contributed by atoms with E-state index in [0.29, 0.717) is 13.1 Å². The standard InChI is InChI=1S/C17H21BrN2O3/c1-11-7-13(4-5-15(11)18)20-10-12(8-16(20)21)17(22)19-9-14-3-2-6-23-14/h4-5,7,12,14H,2-3,6,8-10H2,1H3,(H,19,22)/t12-,14+/m1/s1. The van der Waals surface area contributed by atoms with Crippen molar-refractivity contribution in [3.05, 3.63) is 28.2 Å². The molecule has 2 saturated heterocycles. The number of rotatable bonds is 4. The Balaban J connectivity index is 1.59. The predicted molar refractivity (Wildman–Crippen MR) is 91.3 cm³/mol. The lowest BCUT2D eigenvalue weighted by Crippen LogP contribution is -2.37. The van der Waals surface area contributed by atoms with Crippen LogP contribution in [0.25, 0.3) is 0 Å². The topological polar surface area (TPSA) is 58.6 Å². The molecule has 2 atom stereocenters. The molecular weight excluding hydrogens is 360 g/mol. The maximum Gasteiger partial charge on any atom is 0.227 e. The first kappa shape index (κ1) is 16.5. The van der Waals surface area contributed by atoms with E-state index in [1.54, 1.807) is 4.90 Å². The minimum absolute atomic E-state index is 0.00369. The van der Waals surface area contributed by atoms with Crippen molar-refractivity contribution in [1.29, 1.82) is 0 Å². The lowest BCUT2D eigenvalue weighted by atomic mass is 10.1. The molecule has 0 spiro atoms. The molecule has 23 heavy (non-hydrogen) atoms. The van der Waals surface area contributed by atoms with E-state index in [9.17, 15) is 9.59 Å². The minimum Gasteiger partial charge on any atom is -0.376 e. The molecule has 6 heteroatoms. The summed E-state index contributed by atoms with van der Waals surface area (Å²) in [6, 6.07) is 5.80. The van der Waals surface area contributed by atoms with Crippen LogP contribution in [0, 0.1) is 12.8 Å². The minimum atomic E-state index is -0.284. The molecule has 0 aromatic heterocycles. The summed E-state index contributed by atoms with van der Waals surface area (Å²) in [7, 11) is 0. The van der Waals surface area contributed by atoms with E-state index in [-0.39, 0.29) is 30.3 Å². The highest BCUT2D eigenvalue weighted by molar-refractivity contribution is 9.10. The molecule has 5 nitrogen and oxygen atoms in total.